The predicted molar refractivity (Wildman–Crippen MR) is 198 cm³/mol. The summed E-state index contributed by atoms with van der Waals surface area (Å²) in [5, 5.41) is 2.50. The minimum absolute atomic E-state index is 0.973. The molecule has 0 fully saturated rings. The largest absolute Gasteiger partial charge is 0.309 e. The summed E-state index contributed by atoms with van der Waals surface area (Å²) < 4.78 is 4.70. The summed E-state index contributed by atoms with van der Waals surface area (Å²) in [4.78, 5) is 5.09. The predicted octanol–water partition coefficient (Wildman–Crippen LogP) is 11.6. The zero-order valence-corrected chi connectivity index (χ0v) is 26.3. The monoisotopic (exact) mass is 603 g/mol. The number of nitrogens with zero attached hydrogens (tertiary/aromatic N) is 3. The molecule has 3 nitrogen and oxygen atoms in total. The number of benzene rings is 6. The Kier molecular flexibility index (Phi) is 6.50. The van der Waals surface area contributed by atoms with Crippen molar-refractivity contribution in [1.29, 1.82) is 0 Å². The van der Waals surface area contributed by atoms with Gasteiger partial charge in [-0.05, 0) is 96.6 Å². The number of allylic oxidation sites excluding steroid dienone is 4. The third-order valence-electron chi connectivity index (χ3n) is 9.44. The Bertz CT molecular complexity index is 2490. The average molecular weight is 604 g/mol. The van der Waals surface area contributed by atoms with Crippen molar-refractivity contribution in [3.63, 3.8) is 0 Å². The van der Waals surface area contributed by atoms with Crippen molar-refractivity contribution in [2.24, 2.45) is 0 Å². The SMILES string of the molecule is Cc1ccc(-n2c3ccc(-c4ccccc4)cc3c3cc(-c4ccc(-c5nc6ccccc6n5C5=CCCC=C5)cc4)ccc32)cc1. The third kappa shape index (κ3) is 4.71. The van der Waals surface area contributed by atoms with E-state index in [-0.39, 0.29) is 0 Å². The Morgan fingerprint density at radius 1 is 0.511 bits per heavy atom. The molecule has 0 N–H and O–H groups in total. The molecule has 0 unspecified atom stereocenters. The average Bonchev–Trinajstić information content (AvgIpc) is 3.68. The first-order chi connectivity index (χ1) is 23.2. The minimum Gasteiger partial charge on any atom is -0.309 e. The van der Waals surface area contributed by atoms with Crippen LogP contribution < -0.4 is 0 Å². The molecule has 0 saturated carbocycles. The van der Waals surface area contributed by atoms with E-state index in [1.165, 1.54) is 61.0 Å². The van der Waals surface area contributed by atoms with Gasteiger partial charge in [-0.25, -0.2) is 4.98 Å². The lowest BCUT2D eigenvalue weighted by atomic mass is 9.99. The third-order valence-corrected chi connectivity index (χ3v) is 9.44. The molecular formula is C44H33N3. The molecule has 224 valence electrons. The summed E-state index contributed by atoms with van der Waals surface area (Å²) in [6.07, 6.45) is 8.93. The molecule has 9 rings (SSSR count). The molecule has 0 aliphatic heterocycles. The zero-order valence-electron chi connectivity index (χ0n) is 26.3. The summed E-state index contributed by atoms with van der Waals surface area (Å²) in [5.41, 5.74) is 14.1. The number of rotatable bonds is 5. The number of aryl methyl sites for hydroxylation is 1. The molecule has 0 amide bonds. The standard InChI is InChI=1S/C44H33N3/c1-30-16-24-37(25-17-30)46-41-26-22-34(31-10-4-2-5-11-31)28-38(41)39-29-35(23-27-42(39)46)32-18-20-33(21-19-32)44-45-40-14-8-9-15-43(40)47(44)36-12-6-3-7-13-36/h2,4-6,8-29H,3,7H2,1H3. The summed E-state index contributed by atoms with van der Waals surface area (Å²) in [6, 6.07) is 50.6. The fraction of sp³-hybridized carbons (Fsp3) is 0.0682. The molecule has 0 atom stereocenters. The fourth-order valence-corrected chi connectivity index (χ4v) is 7.04. The zero-order chi connectivity index (χ0) is 31.3. The Labute approximate surface area is 274 Å². The molecule has 0 bridgehead atoms. The Morgan fingerprint density at radius 2 is 1.13 bits per heavy atom. The van der Waals surface area contributed by atoms with E-state index in [9.17, 15) is 0 Å². The van der Waals surface area contributed by atoms with Crippen LogP contribution >= 0.6 is 0 Å². The maximum absolute atomic E-state index is 5.09. The number of hydrogen-bond donors (Lipinski definition) is 0. The van der Waals surface area contributed by atoms with Crippen molar-refractivity contribution in [2.75, 3.05) is 0 Å². The van der Waals surface area contributed by atoms with Gasteiger partial charge in [0.25, 0.3) is 0 Å². The van der Waals surface area contributed by atoms with Crippen molar-refractivity contribution in [2.45, 2.75) is 19.8 Å². The number of imidazole rings is 1. The maximum atomic E-state index is 5.09. The second-order valence-corrected chi connectivity index (χ2v) is 12.4. The summed E-state index contributed by atoms with van der Waals surface area (Å²) in [6.45, 7) is 2.14. The first kappa shape index (κ1) is 27.4. The van der Waals surface area contributed by atoms with Crippen LogP contribution in [-0.4, -0.2) is 14.1 Å². The molecule has 8 aromatic rings. The normalized spacial score (nSPS) is 13.1. The van der Waals surface area contributed by atoms with E-state index >= 15 is 0 Å². The maximum Gasteiger partial charge on any atom is 0.145 e. The number of fused-ring (bicyclic) bond motifs is 4. The lowest BCUT2D eigenvalue weighted by Gasteiger charge is -2.13. The molecule has 2 aromatic heterocycles. The fourth-order valence-electron chi connectivity index (χ4n) is 7.04. The van der Waals surface area contributed by atoms with E-state index in [0.29, 0.717) is 0 Å². The van der Waals surface area contributed by atoms with Gasteiger partial charge in [-0.2, -0.15) is 0 Å². The van der Waals surface area contributed by atoms with Crippen LogP contribution in [0.4, 0.5) is 0 Å². The van der Waals surface area contributed by atoms with Gasteiger partial charge in [-0.1, -0.05) is 109 Å². The van der Waals surface area contributed by atoms with Crippen LogP contribution in [-0.2, 0) is 0 Å². The molecule has 6 aromatic carbocycles. The summed E-state index contributed by atoms with van der Waals surface area (Å²) >= 11 is 0. The van der Waals surface area contributed by atoms with Gasteiger partial charge in [-0.3, -0.25) is 4.57 Å². The van der Waals surface area contributed by atoms with Crippen molar-refractivity contribution >= 4 is 38.5 Å². The van der Waals surface area contributed by atoms with Crippen molar-refractivity contribution in [1.82, 2.24) is 14.1 Å². The van der Waals surface area contributed by atoms with Gasteiger partial charge < -0.3 is 4.57 Å². The topological polar surface area (TPSA) is 22.8 Å². The number of para-hydroxylation sites is 2. The second kappa shape index (κ2) is 11.1. The van der Waals surface area contributed by atoms with Crippen LogP contribution in [0, 0.1) is 6.92 Å². The first-order valence-corrected chi connectivity index (χ1v) is 16.4. The van der Waals surface area contributed by atoms with Crippen LogP contribution in [0.25, 0.3) is 77.9 Å². The molecule has 47 heavy (non-hydrogen) atoms. The highest BCUT2D eigenvalue weighted by molar-refractivity contribution is 6.11. The molecular weight excluding hydrogens is 571 g/mol. The van der Waals surface area contributed by atoms with E-state index in [4.69, 9.17) is 4.98 Å². The molecule has 0 spiro atoms. The molecule has 1 aliphatic rings. The Morgan fingerprint density at radius 3 is 1.81 bits per heavy atom. The van der Waals surface area contributed by atoms with Crippen LogP contribution in [0.3, 0.4) is 0 Å². The van der Waals surface area contributed by atoms with Crippen LogP contribution in [0.15, 0.2) is 158 Å². The van der Waals surface area contributed by atoms with E-state index in [1.54, 1.807) is 0 Å². The first-order valence-electron chi connectivity index (χ1n) is 16.4. The van der Waals surface area contributed by atoms with E-state index in [1.807, 2.05) is 0 Å². The van der Waals surface area contributed by atoms with E-state index in [0.717, 1.165) is 35.3 Å². The van der Waals surface area contributed by atoms with Gasteiger partial charge in [0.05, 0.1) is 22.1 Å². The lowest BCUT2D eigenvalue weighted by Crippen LogP contribution is -2.00. The smallest absolute Gasteiger partial charge is 0.145 e. The van der Waals surface area contributed by atoms with Crippen LogP contribution in [0.2, 0.25) is 0 Å². The minimum atomic E-state index is 0.973. The highest BCUT2D eigenvalue weighted by atomic mass is 15.1. The lowest BCUT2D eigenvalue weighted by molar-refractivity contribution is 1.01. The van der Waals surface area contributed by atoms with Gasteiger partial charge in [0, 0.05) is 27.7 Å². The number of aromatic nitrogens is 3. The molecule has 0 radical (unpaired) electrons. The van der Waals surface area contributed by atoms with Crippen molar-refractivity contribution < 1.29 is 0 Å². The van der Waals surface area contributed by atoms with Gasteiger partial charge in [0.1, 0.15) is 5.82 Å². The summed E-state index contributed by atoms with van der Waals surface area (Å²) in [5.74, 6) is 0.973. The van der Waals surface area contributed by atoms with E-state index in [2.05, 4.69) is 174 Å². The van der Waals surface area contributed by atoms with E-state index < -0.39 is 0 Å². The summed E-state index contributed by atoms with van der Waals surface area (Å²) in [7, 11) is 0. The molecule has 1 aliphatic carbocycles. The van der Waals surface area contributed by atoms with Gasteiger partial charge in [-0.15, -0.1) is 0 Å². The second-order valence-electron chi connectivity index (χ2n) is 12.4. The molecule has 0 saturated heterocycles. The molecule has 3 heteroatoms. The molecule has 2 heterocycles. The highest BCUT2D eigenvalue weighted by Gasteiger charge is 2.17. The van der Waals surface area contributed by atoms with Crippen LogP contribution in [0.1, 0.15) is 18.4 Å². The van der Waals surface area contributed by atoms with Gasteiger partial charge in [0.2, 0.25) is 0 Å². The Balaban J connectivity index is 1.18. The Hall–Kier alpha value is -5.93. The number of hydrogen-bond acceptors (Lipinski definition) is 1. The van der Waals surface area contributed by atoms with Gasteiger partial charge in [0.15, 0.2) is 0 Å². The quantitative estimate of drug-likeness (QED) is 0.192. The van der Waals surface area contributed by atoms with Crippen molar-refractivity contribution in [3.8, 4) is 39.3 Å². The highest BCUT2D eigenvalue weighted by Crippen LogP contribution is 2.38. The van der Waals surface area contributed by atoms with Crippen LogP contribution in [0.5, 0.6) is 0 Å². The van der Waals surface area contributed by atoms with Gasteiger partial charge >= 0.3 is 0 Å². The van der Waals surface area contributed by atoms with Crippen molar-refractivity contribution in [3.05, 3.63) is 163 Å².